The number of rotatable bonds is 4. The number of hydrogen-bond acceptors (Lipinski definition) is 4. The summed E-state index contributed by atoms with van der Waals surface area (Å²) in [5.41, 5.74) is 4.58. The van der Waals surface area contributed by atoms with Crippen LogP contribution in [0.25, 0.3) is 21.9 Å². The number of carbonyl (C=O) groups is 1. The van der Waals surface area contributed by atoms with Gasteiger partial charge in [-0.3, -0.25) is 4.79 Å². The zero-order valence-corrected chi connectivity index (χ0v) is 16.3. The monoisotopic (exact) mass is 426 g/mol. The average molecular weight is 427 g/mol. The topological polar surface area (TPSA) is 70.7 Å². The lowest BCUT2D eigenvalue weighted by molar-refractivity contribution is -0.113. The van der Waals surface area contributed by atoms with Gasteiger partial charge in [-0.2, -0.15) is 0 Å². The number of aromatic amines is 1. The summed E-state index contributed by atoms with van der Waals surface area (Å²) in [4.78, 5) is 24.4. The van der Waals surface area contributed by atoms with E-state index in [-0.39, 0.29) is 11.7 Å². The van der Waals surface area contributed by atoms with Gasteiger partial charge in [0.1, 0.15) is 16.9 Å². The normalized spacial score (nSPS) is 11.2. The highest BCUT2D eigenvalue weighted by Crippen LogP contribution is 2.31. The quantitative estimate of drug-likeness (QED) is 0.359. The van der Waals surface area contributed by atoms with Crippen LogP contribution in [0, 0.1) is 6.92 Å². The van der Waals surface area contributed by atoms with Crippen molar-refractivity contribution in [1.82, 2.24) is 15.0 Å². The van der Waals surface area contributed by atoms with E-state index in [1.54, 1.807) is 0 Å². The highest BCUT2D eigenvalue weighted by Gasteiger charge is 2.13. The summed E-state index contributed by atoms with van der Waals surface area (Å²) < 4.78 is 0.997. The van der Waals surface area contributed by atoms with E-state index in [4.69, 9.17) is 0 Å². The second-order valence-electron chi connectivity index (χ2n) is 5.87. The SMILES string of the molecule is Cc1ccccc1NC(=O)CSc1ncnc2c1[nH]c1ccc(Br)cc12. The lowest BCUT2D eigenvalue weighted by Gasteiger charge is -2.07. The second kappa shape index (κ2) is 7.09. The van der Waals surface area contributed by atoms with E-state index < -0.39 is 0 Å². The minimum atomic E-state index is -0.0603. The number of halogens is 1. The molecule has 0 radical (unpaired) electrons. The Balaban J connectivity index is 1.57. The Morgan fingerprint density at radius 3 is 2.92 bits per heavy atom. The van der Waals surface area contributed by atoms with Crippen molar-refractivity contribution >= 4 is 61.2 Å². The van der Waals surface area contributed by atoms with E-state index in [1.807, 2.05) is 49.4 Å². The predicted molar refractivity (Wildman–Crippen MR) is 110 cm³/mol. The van der Waals surface area contributed by atoms with E-state index in [9.17, 15) is 4.79 Å². The number of fused-ring (bicyclic) bond motifs is 3. The number of hydrogen-bond donors (Lipinski definition) is 2. The fourth-order valence-corrected chi connectivity index (χ4v) is 3.90. The van der Waals surface area contributed by atoms with Crippen molar-refractivity contribution < 1.29 is 4.79 Å². The standard InChI is InChI=1S/C19H15BrN4OS/c1-11-4-2-3-5-14(11)23-16(25)9-26-19-18-17(21-10-22-19)13-8-12(20)6-7-15(13)24-18/h2-8,10,24H,9H2,1H3,(H,23,25). The van der Waals surface area contributed by atoms with Crippen molar-refractivity contribution in [3.63, 3.8) is 0 Å². The second-order valence-corrected chi connectivity index (χ2v) is 7.75. The number of aromatic nitrogens is 3. The molecule has 5 nitrogen and oxygen atoms in total. The number of aryl methyl sites for hydroxylation is 1. The van der Waals surface area contributed by atoms with Crippen LogP contribution >= 0.6 is 27.7 Å². The van der Waals surface area contributed by atoms with Gasteiger partial charge in [0.05, 0.1) is 11.3 Å². The first-order chi connectivity index (χ1) is 12.6. The molecule has 1 amide bonds. The Bertz CT molecular complexity index is 1130. The molecule has 2 aromatic carbocycles. The average Bonchev–Trinajstić information content (AvgIpc) is 3.00. The van der Waals surface area contributed by atoms with Crippen LogP contribution in [0.4, 0.5) is 5.69 Å². The third-order valence-electron chi connectivity index (χ3n) is 4.07. The molecule has 0 saturated heterocycles. The maximum Gasteiger partial charge on any atom is 0.234 e. The van der Waals surface area contributed by atoms with Gasteiger partial charge in [-0.05, 0) is 36.8 Å². The van der Waals surface area contributed by atoms with Crippen molar-refractivity contribution in [3.8, 4) is 0 Å². The van der Waals surface area contributed by atoms with Crippen LogP contribution in [0.15, 0.2) is 58.3 Å². The molecule has 0 saturated carbocycles. The zero-order valence-electron chi connectivity index (χ0n) is 13.9. The minimum absolute atomic E-state index is 0.0603. The third-order valence-corrected chi connectivity index (χ3v) is 5.55. The molecular weight excluding hydrogens is 412 g/mol. The van der Waals surface area contributed by atoms with Crippen LogP contribution in [0.5, 0.6) is 0 Å². The van der Waals surface area contributed by atoms with Crippen molar-refractivity contribution in [1.29, 1.82) is 0 Å². The number of nitrogens with zero attached hydrogens (tertiary/aromatic N) is 2. The van der Waals surface area contributed by atoms with Crippen molar-refractivity contribution in [2.45, 2.75) is 11.9 Å². The zero-order chi connectivity index (χ0) is 18.1. The number of carbonyl (C=O) groups excluding carboxylic acids is 1. The smallest absolute Gasteiger partial charge is 0.234 e. The number of thioether (sulfide) groups is 1. The van der Waals surface area contributed by atoms with Gasteiger partial charge in [0.25, 0.3) is 0 Å². The molecule has 0 aliphatic carbocycles. The molecule has 0 fully saturated rings. The van der Waals surface area contributed by atoms with Gasteiger partial charge in [-0.15, -0.1) is 0 Å². The fraction of sp³-hybridized carbons (Fsp3) is 0.105. The summed E-state index contributed by atoms with van der Waals surface area (Å²) in [6.45, 7) is 1.97. The van der Waals surface area contributed by atoms with Crippen molar-refractivity contribution in [3.05, 3.63) is 58.8 Å². The molecule has 0 atom stereocenters. The van der Waals surface area contributed by atoms with Gasteiger partial charge in [-0.1, -0.05) is 45.9 Å². The maximum atomic E-state index is 12.3. The number of anilines is 1. The lowest BCUT2D eigenvalue weighted by Crippen LogP contribution is -2.14. The van der Waals surface area contributed by atoms with Gasteiger partial charge in [0, 0.05) is 21.1 Å². The Labute approximate surface area is 162 Å². The van der Waals surface area contributed by atoms with Crippen molar-refractivity contribution in [2.75, 3.05) is 11.1 Å². The van der Waals surface area contributed by atoms with Gasteiger partial charge in [-0.25, -0.2) is 9.97 Å². The van der Waals surface area contributed by atoms with Gasteiger partial charge in [0.2, 0.25) is 5.91 Å². The summed E-state index contributed by atoms with van der Waals surface area (Å²) in [5, 5.41) is 4.74. The highest BCUT2D eigenvalue weighted by atomic mass is 79.9. The molecule has 0 unspecified atom stereocenters. The summed E-state index contributed by atoms with van der Waals surface area (Å²) in [6, 6.07) is 13.7. The number of benzene rings is 2. The fourth-order valence-electron chi connectivity index (χ4n) is 2.79. The van der Waals surface area contributed by atoms with Gasteiger partial charge in [0.15, 0.2) is 0 Å². The Morgan fingerprint density at radius 2 is 2.08 bits per heavy atom. The van der Waals surface area contributed by atoms with Crippen LogP contribution in [-0.4, -0.2) is 26.6 Å². The first-order valence-corrected chi connectivity index (χ1v) is 9.80. The molecule has 4 rings (SSSR count). The first kappa shape index (κ1) is 17.1. The summed E-state index contributed by atoms with van der Waals surface area (Å²) in [6.07, 6.45) is 1.54. The predicted octanol–water partition coefficient (Wildman–Crippen LogP) is 4.91. The van der Waals surface area contributed by atoms with Crippen molar-refractivity contribution in [2.24, 2.45) is 0 Å². The maximum absolute atomic E-state index is 12.3. The third kappa shape index (κ3) is 3.32. The van der Waals surface area contributed by atoms with Crippen LogP contribution in [0.2, 0.25) is 0 Å². The summed E-state index contributed by atoms with van der Waals surface area (Å²) in [5.74, 6) is 0.217. The molecule has 2 heterocycles. The molecule has 0 bridgehead atoms. The number of para-hydroxylation sites is 1. The Morgan fingerprint density at radius 1 is 1.23 bits per heavy atom. The Kier molecular flexibility index (Phi) is 4.65. The van der Waals surface area contributed by atoms with Gasteiger partial charge >= 0.3 is 0 Å². The molecule has 26 heavy (non-hydrogen) atoms. The molecule has 2 aromatic heterocycles. The lowest BCUT2D eigenvalue weighted by atomic mass is 10.2. The van der Waals surface area contributed by atoms with Crippen LogP contribution < -0.4 is 5.32 Å². The van der Waals surface area contributed by atoms with E-state index in [0.717, 1.165) is 42.7 Å². The highest BCUT2D eigenvalue weighted by molar-refractivity contribution is 9.10. The first-order valence-electron chi connectivity index (χ1n) is 8.02. The molecule has 0 aliphatic rings. The number of H-pyrrole nitrogens is 1. The number of nitrogens with one attached hydrogen (secondary N) is 2. The minimum Gasteiger partial charge on any atom is -0.351 e. The molecule has 0 aliphatic heterocycles. The van der Waals surface area contributed by atoms with E-state index in [0.29, 0.717) is 0 Å². The van der Waals surface area contributed by atoms with Crippen LogP contribution in [-0.2, 0) is 4.79 Å². The van der Waals surface area contributed by atoms with Crippen LogP contribution in [0.1, 0.15) is 5.56 Å². The molecular formula is C19H15BrN4OS. The van der Waals surface area contributed by atoms with E-state index >= 15 is 0 Å². The molecule has 2 N–H and O–H groups in total. The summed E-state index contributed by atoms with van der Waals surface area (Å²) in [7, 11) is 0. The Hall–Kier alpha value is -2.38. The van der Waals surface area contributed by atoms with Crippen LogP contribution in [0.3, 0.4) is 0 Å². The van der Waals surface area contributed by atoms with E-state index in [1.165, 1.54) is 18.1 Å². The molecule has 4 aromatic rings. The number of amides is 1. The molecule has 130 valence electrons. The molecule has 0 spiro atoms. The molecule has 7 heteroatoms. The summed E-state index contributed by atoms with van der Waals surface area (Å²) >= 11 is 4.89. The van der Waals surface area contributed by atoms with Gasteiger partial charge < -0.3 is 10.3 Å². The largest absolute Gasteiger partial charge is 0.351 e. The van der Waals surface area contributed by atoms with E-state index in [2.05, 4.69) is 36.2 Å².